The Morgan fingerprint density at radius 3 is 1.38 bits per heavy atom. The van der Waals surface area contributed by atoms with Crippen LogP contribution in [-0.2, 0) is 0 Å². The van der Waals surface area contributed by atoms with Crippen molar-refractivity contribution in [1.29, 1.82) is 0 Å². The van der Waals surface area contributed by atoms with E-state index in [1.807, 2.05) is 0 Å². The van der Waals surface area contributed by atoms with Crippen LogP contribution in [0.25, 0.3) is 0 Å². The van der Waals surface area contributed by atoms with Crippen molar-refractivity contribution in [3.8, 4) is 0 Å². The monoisotopic (exact) mass is 354 g/mol. The fourth-order valence-corrected chi connectivity index (χ4v) is 8.44. The molecule has 4 rings (SSSR count). The molecular formula is C22H28P2. The highest BCUT2D eigenvalue weighted by Gasteiger charge is 2.39. The Kier molecular flexibility index (Phi) is 5.67. The summed E-state index contributed by atoms with van der Waals surface area (Å²) in [6.07, 6.45) is 8.85. The standard InChI is InChI=1S/C22H28P2/c1-3-9-17(10-4-1)23-21-15-7-13-19(21)20-14-8-16-22(20)24-18-11-5-2-6-12-18/h1-6,9-12,19-24H,7-8,13-16H2/t19-,20-,21-,22-/m1/s1. The molecule has 0 aliphatic heterocycles. The summed E-state index contributed by atoms with van der Waals surface area (Å²) in [5.74, 6) is 1.99. The van der Waals surface area contributed by atoms with E-state index >= 15 is 0 Å². The van der Waals surface area contributed by atoms with Crippen molar-refractivity contribution in [2.45, 2.75) is 49.8 Å². The average molecular weight is 354 g/mol. The summed E-state index contributed by atoms with van der Waals surface area (Å²) >= 11 is 0. The van der Waals surface area contributed by atoms with Gasteiger partial charge in [-0.05, 0) is 59.4 Å². The summed E-state index contributed by atoms with van der Waals surface area (Å²) in [4.78, 5) is 0. The van der Waals surface area contributed by atoms with Gasteiger partial charge in [0, 0.05) is 0 Å². The summed E-state index contributed by atoms with van der Waals surface area (Å²) in [5.41, 5.74) is 1.91. The van der Waals surface area contributed by atoms with Gasteiger partial charge in [0.15, 0.2) is 0 Å². The summed E-state index contributed by atoms with van der Waals surface area (Å²) in [6, 6.07) is 22.5. The molecule has 0 amide bonds. The zero-order chi connectivity index (χ0) is 16.2. The normalized spacial score (nSPS) is 30.8. The van der Waals surface area contributed by atoms with E-state index in [1.165, 1.54) is 38.5 Å². The van der Waals surface area contributed by atoms with Gasteiger partial charge in [0.2, 0.25) is 0 Å². The highest BCUT2D eigenvalue weighted by atomic mass is 31.1. The highest BCUT2D eigenvalue weighted by molar-refractivity contribution is 7.48. The Balaban J connectivity index is 1.44. The molecule has 0 N–H and O–H groups in total. The van der Waals surface area contributed by atoms with E-state index in [-0.39, 0.29) is 0 Å². The van der Waals surface area contributed by atoms with Crippen molar-refractivity contribution in [2.24, 2.45) is 11.8 Å². The summed E-state index contributed by atoms with van der Waals surface area (Å²) in [7, 11) is 2.05. The molecule has 2 fully saturated rings. The van der Waals surface area contributed by atoms with Gasteiger partial charge in [-0.2, -0.15) is 0 Å². The molecular weight excluding hydrogens is 326 g/mol. The van der Waals surface area contributed by atoms with Crippen molar-refractivity contribution in [2.75, 3.05) is 0 Å². The van der Waals surface area contributed by atoms with Crippen molar-refractivity contribution >= 4 is 27.8 Å². The Morgan fingerprint density at radius 1 is 0.542 bits per heavy atom. The molecule has 0 bridgehead atoms. The maximum absolute atomic E-state index is 2.34. The second-order valence-electron chi connectivity index (χ2n) is 7.42. The first-order valence-corrected chi connectivity index (χ1v) is 11.7. The van der Waals surface area contributed by atoms with Crippen LogP contribution in [0.1, 0.15) is 38.5 Å². The molecule has 2 aromatic carbocycles. The summed E-state index contributed by atoms with van der Waals surface area (Å²) in [6.45, 7) is 0. The van der Waals surface area contributed by atoms with Crippen LogP contribution < -0.4 is 10.6 Å². The minimum Gasteiger partial charge on any atom is -0.0869 e. The van der Waals surface area contributed by atoms with Gasteiger partial charge in [-0.1, -0.05) is 90.7 Å². The smallest absolute Gasteiger partial charge is 0.0165 e. The van der Waals surface area contributed by atoms with Gasteiger partial charge in [-0.25, -0.2) is 0 Å². The fraction of sp³-hybridized carbons (Fsp3) is 0.455. The molecule has 126 valence electrons. The van der Waals surface area contributed by atoms with Crippen LogP contribution in [0.5, 0.6) is 0 Å². The quantitative estimate of drug-likeness (QED) is 0.637. The van der Waals surface area contributed by atoms with E-state index in [1.54, 1.807) is 10.6 Å². The Hall–Kier alpha value is -0.700. The molecule has 2 aliphatic carbocycles. The molecule has 2 unspecified atom stereocenters. The molecule has 2 heteroatoms. The van der Waals surface area contributed by atoms with Gasteiger partial charge in [-0.3, -0.25) is 0 Å². The van der Waals surface area contributed by atoms with Crippen LogP contribution in [-0.4, -0.2) is 11.3 Å². The fourth-order valence-electron chi connectivity index (χ4n) is 4.86. The molecule has 0 spiro atoms. The predicted molar refractivity (Wildman–Crippen MR) is 111 cm³/mol. The number of rotatable bonds is 5. The average Bonchev–Trinajstić information content (AvgIpc) is 3.26. The number of benzene rings is 2. The first-order chi connectivity index (χ1) is 11.9. The lowest BCUT2D eigenvalue weighted by atomic mass is 9.89. The Labute approximate surface area is 150 Å². The molecule has 0 heterocycles. The maximum atomic E-state index is 2.34. The third-order valence-corrected chi connectivity index (χ3v) is 9.45. The summed E-state index contributed by atoms with van der Waals surface area (Å²) < 4.78 is 0. The Morgan fingerprint density at radius 2 is 0.958 bits per heavy atom. The van der Waals surface area contributed by atoms with E-state index in [0.717, 1.165) is 40.3 Å². The first-order valence-electron chi connectivity index (χ1n) is 9.53. The van der Waals surface area contributed by atoms with Crippen LogP contribution >= 0.6 is 17.2 Å². The van der Waals surface area contributed by atoms with Crippen LogP contribution in [0.4, 0.5) is 0 Å². The zero-order valence-electron chi connectivity index (χ0n) is 14.3. The molecule has 0 saturated heterocycles. The Bertz CT molecular complexity index is 567. The lowest BCUT2D eigenvalue weighted by molar-refractivity contribution is 0.359. The van der Waals surface area contributed by atoms with Crippen LogP contribution in [0, 0.1) is 11.8 Å². The van der Waals surface area contributed by atoms with Crippen LogP contribution in [0.2, 0.25) is 0 Å². The van der Waals surface area contributed by atoms with Gasteiger partial charge in [0.25, 0.3) is 0 Å². The van der Waals surface area contributed by atoms with Crippen molar-refractivity contribution in [3.05, 3.63) is 60.7 Å². The zero-order valence-corrected chi connectivity index (χ0v) is 16.3. The lowest BCUT2D eigenvalue weighted by Crippen LogP contribution is -2.26. The third kappa shape index (κ3) is 3.92. The van der Waals surface area contributed by atoms with Crippen LogP contribution in [0.15, 0.2) is 60.7 Å². The second-order valence-corrected chi connectivity index (χ2v) is 10.6. The number of hydrogen-bond donors (Lipinski definition) is 0. The number of hydrogen-bond acceptors (Lipinski definition) is 0. The second kappa shape index (κ2) is 8.12. The molecule has 0 aromatic heterocycles. The minimum absolute atomic E-state index is 0.957. The summed E-state index contributed by atoms with van der Waals surface area (Å²) in [5, 5.41) is 3.16. The van der Waals surface area contributed by atoms with E-state index in [2.05, 4.69) is 60.7 Å². The molecule has 2 aromatic rings. The largest absolute Gasteiger partial charge is 0.0869 e. The van der Waals surface area contributed by atoms with Gasteiger partial charge >= 0.3 is 0 Å². The highest BCUT2D eigenvalue weighted by Crippen LogP contribution is 2.51. The van der Waals surface area contributed by atoms with Gasteiger partial charge in [0.05, 0.1) is 0 Å². The lowest BCUT2D eigenvalue weighted by Gasteiger charge is -2.30. The third-order valence-electron chi connectivity index (χ3n) is 5.94. The minimum atomic E-state index is 0.957. The SMILES string of the molecule is c1ccc(P[C@@H]2CCC[C@@H]2[C@H]2CCC[C@H]2Pc2ccccc2)cc1. The molecule has 2 saturated carbocycles. The molecule has 0 radical (unpaired) electrons. The van der Waals surface area contributed by atoms with Gasteiger partial charge in [0.1, 0.15) is 0 Å². The van der Waals surface area contributed by atoms with E-state index in [9.17, 15) is 0 Å². The van der Waals surface area contributed by atoms with Gasteiger partial charge in [-0.15, -0.1) is 0 Å². The van der Waals surface area contributed by atoms with Crippen molar-refractivity contribution < 1.29 is 0 Å². The van der Waals surface area contributed by atoms with Crippen LogP contribution in [0.3, 0.4) is 0 Å². The van der Waals surface area contributed by atoms with Crippen molar-refractivity contribution in [1.82, 2.24) is 0 Å². The van der Waals surface area contributed by atoms with E-state index in [0.29, 0.717) is 0 Å². The molecule has 6 atom stereocenters. The van der Waals surface area contributed by atoms with E-state index < -0.39 is 0 Å². The first kappa shape index (κ1) is 16.8. The topological polar surface area (TPSA) is 0 Å². The van der Waals surface area contributed by atoms with Crippen molar-refractivity contribution in [3.63, 3.8) is 0 Å². The van der Waals surface area contributed by atoms with Gasteiger partial charge < -0.3 is 0 Å². The van der Waals surface area contributed by atoms with E-state index in [4.69, 9.17) is 0 Å². The molecule has 0 nitrogen and oxygen atoms in total. The molecule has 2 aliphatic rings. The molecule has 24 heavy (non-hydrogen) atoms. The predicted octanol–water partition coefficient (Wildman–Crippen LogP) is 5.33. The maximum Gasteiger partial charge on any atom is -0.0165 e.